The molecule has 0 aromatic rings. The van der Waals surface area contributed by atoms with Crippen molar-refractivity contribution < 1.29 is 37.3 Å². The monoisotopic (exact) mass is 789 g/mol. The quantitative estimate of drug-likeness (QED) is 0.0216. The fraction of sp³-hybridized carbons (Fsp3) is 0.933. The van der Waals surface area contributed by atoms with E-state index in [0.29, 0.717) is 24.1 Å². The van der Waals surface area contributed by atoms with E-state index in [0.717, 1.165) is 38.5 Å². The lowest BCUT2D eigenvalue weighted by Crippen LogP contribution is -2.37. The molecule has 322 valence electrons. The van der Waals surface area contributed by atoms with Gasteiger partial charge in [0, 0.05) is 13.0 Å². The van der Waals surface area contributed by atoms with E-state index in [1.54, 1.807) is 0 Å². The van der Waals surface area contributed by atoms with Gasteiger partial charge in [-0.15, -0.1) is 0 Å². The number of phosphoric acid groups is 1. The maximum absolute atomic E-state index is 12.7. The molecule has 1 unspecified atom stereocenters. The molecule has 8 nitrogen and oxygen atoms in total. The van der Waals surface area contributed by atoms with Crippen LogP contribution in [0.1, 0.15) is 213 Å². The van der Waals surface area contributed by atoms with Gasteiger partial charge in [0.05, 0.1) is 34.4 Å². The van der Waals surface area contributed by atoms with Crippen molar-refractivity contribution in [2.75, 3.05) is 54.1 Å². The minimum absolute atomic E-state index is 0.0903. The van der Waals surface area contributed by atoms with E-state index in [1.807, 2.05) is 21.1 Å². The number of phosphoric ester groups is 1. The molecule has 0 radical (unpaired) electrons. The predicted molar refractivity (Wildman–Crippen MR) is 229 cm³/mol. The number of rotatable bonds is 43. The van der Waals surface area contributed by atoms with Crippen LogP contribution in [0, 0.1) is 0 Å². The maximum Gasteiger partial charge on any atom is 0.472 e. The lowest BCUT2D eigenvalue weighted by Gasteiger charge is -2.24. The fourth-order valence-corrected chi connectivity index (χ4v) is 7.23. The van der Waals surface area contributed by atoms with E-state index in [1.165, 1.54) is 154 Å². The van der Waals surface area contributed by atoms with E-state index >= 15 is 0 Å². The van der Waals surface area contributed by atoms with Crippen LogP contribution in [0.2, 0.25) is 0 Å². The van der Waals surface area contributed by atoms with E-state index in [2.05, 4.69) is 26.0 Å². The summed E-state index contributed by atoms with van der Waals surface area (Å²) in [6, 6.07) is 0. The summed E-state index contributed by atoms with van der Waals surface area (Å²) in [5, 5.41) is 0. The molecule has 0 aliphatic heterocycles. The van der Waals surface area contributed by atoms with Crippen molar-refractivity contribution in [2.24, 2.45) is 0 Å². The molecule has 0 aromatic heterocycles. The van der Waals surface area contributed by atoms with Crippen LogP contribution in [0.5, 0.6) is 0 Å². The zero-order chi connectivity index (χ0) is 39.9. The molecule has 0 amide bonds. The Morgan fingerprint density at radius 3 is 1.41 bits per heavy atom. The highest BCUT2D eigenvalue weighted by atomic mass is 31.2. The highest BCUT2D eigenvalue weighted by Crippen LogP contribution is 2.43. The topological polar surface area (TPSA) is 91.3 Å². The standard InChI is InChI=1S/C45H90NO7P/c1-6-8-10-12-14-16-18-20-22-23-24-25-27-29-31-33-35-37-40-50-42-44(43-52-54(48,49)51-41-39-46(3,4)5)53-45(47)38-36-34-32-30-28-26-21-19-17-15-13-11-9-7-2/h19,21,44H,6-18,20,22-43H2,1-5H3/p+1/b21-19-/t44-/m1/s1. The molecule has 0 saturated carbocycles. The van der Waals surface area contributed by atoms with Gasteiger partial charge in [0.2, 0.25) is 0 Å². The van der Waals surface area contributed by atoms with Crippen molar-refractivity contribution in [3.63, 3.8) is 0 Å². The molecule has 0 aliphatic rings. The third-order valence-corrected chi connectivity index (χ3v) is 11.1. The molecular formula is C45H91NO7P+. The lowest BCUT2D eigenvalue weighted by atomic mass is 10.0. The molecule has 0 heterocycles. The Morgan fingerprint density at radius 2 is 0.963 bits per heavy atom. The van der Waals surface area contributed by atoms with Crippen LogP contribution in [0.25, 0.3) is 0 Å². The molecule has 0 bridgehead atoms. The number of esters is 1. The van der Waals surface area contributed by atoms with Crippen LogP contribution in [0.3, 0.4) is 0 Å². The first-order chi connectivity index (χ1) is 26.1. The first-order valence-corrected chi connectivity index (χ1v) is 24.4. The summed E-state index contributed by atoms with van der Waals surface area (Å²) in [7, 11) is 1.67. The summed E-state index contributed by atoms with van der Waals surface area (Å²) in [5.41, 5.74) is 0. The molecule has 0 spiro atoms. The second-order valence-corrected chi connectivity index (χ2v) is 18.2. The average molecular weight is 789 g/mol. The van der Waals surface area contributed by atoms with Gasteiger partial charge in [-0.2, -0.15) is 0 Å². The summed E-state index contributed by atoms with van der Waals surface area (Å²) in [5.74, 6) is -0.319. The minimum atomic E-state index is -4.27. The Hall–Kier alpha value is -0.760. The SMILES string of the molecule is CCCCCCC/C=C\CCCCCCCC(=O)O[C@H](COCCCCCCCCCCCCCCCCCCCC)COP(=O)(O)OCC[N+](C)(C)C. The molecule has 9 heteroatoms. The summed E-state index contributed by atoms with van der Waals surface area (Å²) in [6.07, 6.45) is 42.4. The number of ether oxygens (including phenoxy) is 2. The predicted octanol–water partition coefficient (Wildman–Crippen LogP) is 13.4. The van der Waals surface area contributed by atoms with E-state index in [4.69, 9.17) is 18.5 Å². The molecule has 0 fully saturated rings. The van der Waals surface area contributed by atoms with Crippen LogP contribution in [0.15, 0.2) is 12.2 Å². The number of allylic oxidation sites excluding steroid dienone is 2. The second kappa shape index (κ2) is 39.1. The van der Waals surface area contributed by atoms with Crippen molar-refractivity contribution in [1.82, 2.24) is 0 Å². The van der Waals surface area contributed by atoms with Gasteiger partial charge in [-0.25, -0.2) is 4.57 Å². The number of unbranched alkanes of at least 4 members (excludes halogenated alkanes) is 27. The number of carbonyl (C=O) groups excluding carboxylic acids is 1. The largest absolute Gasteiger partial charge is 0.472 e. The highest BCUT2D eigenvalue weighted by Gasteiger charge is 2.26. The number of hydrogen-bond donors (Lipinski definition) is 1. The minimum Gasteiger partial charge on any atom is -0.457 e. The van der Waals surface area contributed by atoms with E-state index in [9.17, 15) is 14.3 Å². The molecule has 0 aliphatic carbocycles. The normalized spacial score (nSPS) is 13.8. The first-order valence-electron chi connectivity index (χ1n) is 22.9. The zero-order valence-corrected chi connectivity index (χ0v) is 37.4. The fourth-order valence-electron chi connectivity index (χ4n) is 6.49. The van der Waals surface area contributed by atoms with Crippen LogP contribution < -0.4 is 0 Å². The lowest BCUT2D eigenvalue weighted by molar-refractivity contribution is -0.870. The van der Waals surface area contributed by atoms with Gasteiger partial charge in [-0.3, -0.25) is 13.8 Å². The average Bonchev–Trinajstić information content (AvgIpc) is 3.12. The molecule has 54 heavy (non-hydrogen) atoms. The number of carbonyl (C=O) groups is 1. The Balaban J connectivity index is 4.17. The second-order valence-electron chi connectivity index (χ2n) is 16.8. The highest BCUT2D eigenvalue weighted by molar-refractivity contribution is 7.47. The van der Waals surface area contributed by atoms with Crippen molar-refractivity contribution in [3.05, 3.63) is 12.2 Å². The maximum atomic E-state index is 12.7. The molecule has 0 aromatic carbocycles. The van der Waals surface area contributed by atoms with Gasteiger partial charge in [0.1, 0.15) is 19.3 Å². The van der Waals surface area contributed by atoms with Crippen molar-refractivity contribution in [1.29, 1.82) is 0 Å². The summed E-state index contributed by atoms with van der Waals surface area (Å²) in [6.45, 7) is 5.65. The zero-order valence-electron chi connectivity index (χ0n) is 36.5. The molecule has 2 atom stereocenters. The van der Waals surface area contributed by atoms with Gasteiger partial charge in [0.15, 0.2) is 0 Å². The van der Waals surface area contributed by atoms with Gasteiger partial charge >= 0.3 is 13.8 Å². The number of likely N-dealkylation sites (N-methyl/N-ethyl adjacent to an activating group) is 1. The summed E-state index contributed by atoms with van der Waals surface area (Å²) < 4.78 is 35.0. The van der Waals surface area contributed by atoms with E-state index < -0.39 is 13.9 Å². The first kappa shape index (κ1) is 53.2. The van der Waals surface area contributed by atoms with Crippen LogP contribution in [-0.2, 0) is 27.9 Å². The number of quaternary nitrogens is 1. The summed E-state index contributed by atoms with van der Waals surface area (Å²) >= 11 is 0. The van der Waals surface area contributed by atoms with Gasteiger partial charge in [0.25, 0.3) is 0 Å². The van der Waals surface area contributed by atoms with Gasteiger partial charge in [-0.05, 0) is 38.5 Å². The van der Waals surface area contributed by atoms with Gasteiger partial charge in [-0.1, -0.05) is 180 Å². The third-order valence-electron chi connectivity index (χ3n) is 10.1. The Kier molecular flexibility index (Phi) is 38.5. The van der Waals surface area contributed by atoms with E-state index in [-0.39, 0.29) is 25.8 Å². The Bertz CT molecular complexity index is 879. The van der Waals surface area contributed by atoms with Crippen LogP contribution in [0.4, 0.5) is 0 Å². The Labute approximate surface area is 335 Å². The molecule has 0 rings (SSSR count). The molecular weight excluding hydrogens is 697 g/mol. The number of hydrogen-bond acceptors (Lipinski definition) is 6. The molecule has 0 saturated heterocycles. The molecule has 1 N–H and O–H groups in total. The van der Waals surface area contributed by atoms with Crippen molar-refractivity contribution in [3.8, 4) is 0 Å². The van der Waals surface area contributed by atoms with Gasteiger partial charge < -0.3 is 18.9 Å². The Morgan fingerprint density at radius 1 is 0.556 bits per heavy atom. The smallest absolute Gasteiger partial charge is 0.457 e. The number of nitrogens with zero attached hydrogens (tertiary/aromatic N) is 1. The van der Waals surface area contributed by atoms with Crippen LogP contribution >= 0.6 is 7.82 Å². The third kappa shape index (κ3) is 42.4. The van der Waals surface area contributed by atoms with Crippen molar-refractivity contribution in [2.45, 2.75) is 219 Å². The van der Waals surface area contributed by atoms with Crippen molar-refractivity contribution >= 4 is 13.8 Å². The van der Waals surface area contributed by atoms with Crippen LogP contribution in [-0.4, -0.2) is 75.6 Å². The summed E-state index contributed by atoms with van der Waals surface area (Å²) in [4.78, 5) is 22.9.